The Labute approximate surface area is 116 Å². The Morgan fingerprint density at radius 2 is 2.00 bits per heavy atom. The number of aryl methyl sites for hydroxylation is 1. The van der Waals surface area contributed by atoms with Crippen molar-refractivity contribution < 1.29 is 14.4 Å². The fraction of sp³-hybridized carbons (Fsp3) is 0.400. The molecular formula is C15H16N2O3. The lowest BCUT2D eigenvalue weighted by Crippen LogP contribution is -2.61. The molecule has 2 aliphatic heterocycles. The van der Waals surface area contributed by atoms with E-state index in [2.05, 4.69) is 5.32 Å². The molecule has 1 aromatic carbocycles. The monoisotopic (exact) mass is 272 g/mol. The smallest absolute Gasteiger partial charge is 0.255 e. The van der Waals surface area contributed by atoms with Crippen molar-refractivity contribution in [1.29, 1.82) is 0 Å². The number of piperidine rings is 1. The first-order valence-corrected chi connectivity index (χ1v) is 6.67. The molecule has 0 bridgehead atoms. The molecule has 104 valence electrons. The van der Waals surface area contributed by atoms with Gasteiger partial charge in [-0.2, -0.15) is 0 Å². The molecule has 1 fully saturated rings. The number of rotatable bonds is 1. The normalized spacial score (nSPS) is 25.7. The van der Waals surface area contributed by atoms with Gasteiger partial charge >= 0.3 is 0 Å². The van der Waals surface area contributed by atoms with E-state index in [1.165, 1.54) is 0 Å². The molecule has 5 heteroatoms. The number of nitrogens with one attached hydrogen (secondary N) is 1. The molecule has 0 aliphatic carbocycles. The average molecular weight is 272 g/mol. The van der Waals surface area contributed by atoms with Crippen LogP contribution in [-0.4, -0.2) is 28.2 Å². The largest absolute Gasteiger partial charge is 0.320 e. The molecule has 3 amide bonds. The summed E-state index contributed by atoms with van der Waals surface area (Å²) >= 11 is 0. The van der Waals surface area contributed by atoms with Crippen LogP contribution in [0.4, 0.5) is 0 Å². The first-order chi connectivity index (χ1) is 9.41. The summed E-state index contributed by atoms with van der Waals surface area (Å²) in [5.41, 5.74) is 1.74. The molecule has 0 saturated carbocycles. The van der Waals surface area contributed by atoms with E-state index in [0.717, 1.165) is 11.1 Å². The van der Waals surface area contributed by atoms with Gasteiger partial charge in [0.1, 0.15) is 5.54 Å². The minimum Gasteiger partial charge on any atom is -0.320 e. The second-order valence-electron chi connectivity index (χ2n) is 5.70. The summed E-state index contributed by atoms with van der Waals surface area (Å²) < 4.78 is 0. The minimum atomic E-state index is -0.947. The van der Waals surface area contributed by atoms with Crippen molar-refractivity contribution in [2.45, 2.75) is 38.8 Å². The number of fused-ring (bicyclic) bond motifs is 1. The molecule has 0 spiro atoms. The molecule has 2 aliphatic rings. The van der Waals surface area contributed by atoms with Crippen LogP contribution in [0.2, 0.25) is 0 Å². The predicted molar refractivity (Wildman–Crippen MR) is 71.8 cm³/mol. The second kappa shape index (κ2) is 4.16. The minimum absolute atomic E-state index is 0.132. The summed E-state index contributed by atoms with van der Waals surface area (Å²) in [7, 11) is 0. The van der Waals surface area contributed by atoms with Gasteiger partial charge in [0, 0.05) is 18.5 Å². The Hall–Kier alpha value is -2.17. The average Bonchev–Trinajstić information content (AvgIpc) is 2.72. The highest BCUT2D eigenvalue weighted by atomic mass is 16.2. The maximum atomic E-state index is 12.5. The van der Waals surface area contributed by atoms with E-state index < -0.39 is 5.54 Å². The Morgan fingerprint density at radius 3 is 2.70 bits per heavy atom. The summed E-state index contributed by atoms with van der Waals surface area (Å²) in [5, 5.41) is 2.33. The number of imide groups is 1. The Bertz CT molecular complexity index is 638. The number of hydrogen-bond donors (Lipinski definition) is 1. The molecule has 0 unspecified atom stereocenters. The molecule has 5 nitrogen and oxygen atoms in total. The fourth-order valence-electron chi connectivity index (χ4n) is 2.90. The van der Waals surface area contributed by atoms with Crippen LogP contribution >= 0.6 is 0 Å². The summed E-state index contributed by atoms with van der Waals surface area (Å²) in [5.74, 6) is -0.786. The van der Waals surface area contributed by atoms with E-state index in [-0.39, 0.29) is 24.1 Å². The summed E-state index contributed by atoms with van der Waals surface area (Å²) in [6.45, 7) is 4.13. The van der Waals surface area contributed by atoms with Crippen LogP contribution in [0.5, 0.6) is 0 Å². The number of carbonyl (C=O) groups is 3. The van der Waals surface area contributed by atoms with Crippen LogP contribution < -0.4 is 5.32 Å². The van der Waals surface area contributed by atoms with Crippen LogP contribution in [0.3, 0.4) is 0 Å². The van der Waals surface area contributed by atoms with Gasteiger partial charge in [0.05, 0.1) is 0 Å². The second-order valence-corrected chi connectivity index (χ2v) is 5.70. The molecule has 1 atom stereocenters. The molecule has 2 heterocycles. The van der Waals surface area contributed by atoms with Crippen molar-refractivity contribution in [2.24, 2.45) is 0 Å². The lowest BCUT2D eigenvalue weighted by molar-refractivity contribution is -0.142. The first kappa shape index (κ1) is 12.8. The van der Waals surface area contributed by atoms with Gasteiger partial charge in [-0.05, 0) is 31.9 Å². The van der Waals surface area contributed by atoms with Crippen molar-refractivity contribution in [2.75, 3.05) is 0 Å². The maximum Gasteiger partial charge on any atom is 0.255 e. The zero-order valence-electron chi connectivity index (χ0n) is 11.5. The van der Waals surface area contributed by atoms with E-state index in [1.54, 1.807) is 11.8 Å². The van der Waals surface area contributed by atoms with Crippen LogP contribution in [0.15, 0.2) is 18.2 Å². The number of nitrogens with zero attached hydrogens (tertiary/aromatic N) is 1. The van der Waals surface area contributed by atoms with Gasteiger partial charge in [-0.15, -0.1) is 0 Å². The van der Waals surface area contributed by atoms with Crippen LogP contribution in [-0.2, 0) is 16.1 Å². The van der Waals surface area contributed by atoms with Crippen molar-refractivity contribution in [1.82, 2.24) is 10.2 Å². The van der Waals surface area contributed by atoms with Crippen LogP contribution in [0, 0.1) is 6.92 Å². The number of amides is 3. The fourth-order valence-corrected chi connectivity index (χ4v) is 2.90. The number of benzene rings is 1. The van der Waals surface area contributed by atoms with Gasteiger partial charge in [-0.1, -0.05) is 17.7 Å². The summed E-state index contributed by atoms with van der Waals surface area (Å²) in [6.07, 6.45) is 0.637. The highest BCUT2D eigenvalue weighted by Crippen LogP contribution is 2.34. The topological polar surface area (TPSA) is 66.5 Å². The Kier molecular flexibility index (Phi) is 2.67. The Morgan fingerprint density at radius 1 is 1.25 bits per heavy atom. The maximum absolute atomic E-state index is 12.5. The van der Waals surface area contributed by atoms with E-state index in [4.69, 9.17) is 0 Å². The third-order valence-corrected chi connectivity index (χ3v) is 4.24. The van der Waals surface area contributed by atoms with E-state index in [1.807, 2.05) is 25.1 Å². The SMILES string of the molecule is Cc1ccc2c(c1)CN([C@@]1(C)CCC(=O)NC1=O)C2=O. The van der Waals surface area contributed by atoms with Crippen molar-refractivity contribution in [3.63, 3.8) is 0 Å². The van der Waals surface area contributed by atoms with Gasteiger partial charge in [0.2, 0.25) is 5.91 Å². The summed E-state index contributed by atoms with van der Waals surface area (Å²) in [4.78, 5) is 37.5. The molecule has 0 radical (unpaired) electrons. The highest BCUT2D eigenvalue weighted by Gasteiger charge is 2.48. The van der Waals surface area contributed by atoms with Gasteiger partial charge < -0.3 is 4.90 Å². The van der Waals surface area contributed by atoms with Crippen LogP contribution in [0.1, 0.15) is 41.3 Å². The third kappa shape index (κ3) is 1.73. The number of hydrogen-bond acceptors (Lipinski definition) is 3. The van der Waals surface area contributed by atoms with Crippen molar-refractivity contribution in [3.05, 3.63) is 34.9 Å². The molecule has 20 heavy (non-hydrogen) atoms. The molecule has 0 aromatic heterocycles. The molecule has 1 saturated heterocycles. The third-order valence-electron chi connectivity index (χ3n) is 4.24. The van der Waals surface area contributed by atoms with Gasteiger partial charge in [-0.25, -0.2) is 0 Å². The van der Waals surface area contributed by atoms with Gasteiger partial charge in [0.15, 0.2) is 0 Å². The van der Waals surface area contributed by atoms with E-state index in [0.29, 0.717) is 18.5 Å². The number of carbonyl (C=O) groups excluding carboxylic acids is 3. The predicted octanol–water partition coefficient (Wildman–Crippen LogP) is 1.15. The lowest BCUT2D eigenvalue weighted by Gasteiger charge is -2.39. The van der Waals surface area contributed by atoms with E-state index in [9.17, 15) is 14.4 Å². The molecule has 1 N–H and O–H groups in total. The van der Waals surface area contributed by atoms with Gasteiger partial charge in [0.25, 0.3) is 11.8 Å². The standard InChI is InChI=1S/C15H16N2O3/c1-9-3-4-11-10(7-9)8-17(13(11)19)15(2)6-5-12(18)16-14(15)20/h3-4,7H,5-6,8H2,1-2H3,(H,16,18,20)/t15-/m0/s1. The van der Waals surface area contributed by atoms with Crippen LogP contribution in [0.25, 0.3) is 0 Å². The lowest BCUT2D eigenvalue weighted by atomic mass is 9.89. The van der Waals surface area contributed by atoms with E-state index >= 15 is 0 Å². The highest BCUT2D eigenvalue weighted by molar-refractivity contribution is 6.07. The molecule has 3 rings (SSSR count). The first-order valence-electron chi connectivity index (χ1n) is 6.67. The zero-order chi connectivity index (χ0) is 14.5. The van der Waals surface area contributed by atoms with Crippen molar-refractivity contribution >= 4 is 17.7 Å². The zero-order valence-corrected chi connectivity index (χ0v) is 11.5. The quantitative estimate of drug-likeness (QED) is 0.780. The van der Waals surface area contributed by atoms with Crippen molar-refractivity contribution in [3.8, 4) is 0 Å². The Balaban J connectivity index is 1.95. The molecular weight excluding hydrogens is 256 g/mol. The molecule has 1 aromatic rings. The van der Waals surface area contributed by atoms with Gasteiger partial charge in [-0.3, -0.25) is 19.7 Å². The summed E-state index contributed by atoms with van der Waals surface area (Å²) in [6, 6.07) is 5.68.